The molecular formula is C14H28N4O2. The van der Waals surface area contributed by atoms with Crippen LogP contribution in [0.1, 0.15) is 26.7 Å². The quantitative estimate of drug-likeness (QED) is 0.698. The zero-order valence-corrected chi connectivity index (χ0v) is 12.9. The second-order valence-corrected chi connectivity index (χ2v) is 5.75. The molecule has 20 heavy (non-hydrogen) atoms. The number of carbonyl (C=O) groups is 2. The van der Waals surface area contributed by atoms with E-state index >= 15 is 0 Å². The highest BCUT2D eigenvalue weighted by atomic mass is 16.2. The van der Waals surface area contributed by atoms with E-state index < -0.39 is 0 Å². The number of hydrogen-bond acceptors (Lipinski definition) is 4. The van der Waals surface area contributed by atoms with Crippen molar-refractivity contribution < 1.29 is 9.59 Å². The highest BCUT2D eigenvalue weighted by Crippen LogP contribution is 2.16. The van der Waals surface area contributed by atoms with Crippen molar-refractivity contribution >= 4 is 11.8 Å². The van der Waals surface area contributed by atoms with E-state index in [2.05, 4.69) is 10.2 Å². The van der Waals surface area contributed by atoms with Gasteiger partial charge in [-0.3, -0.25) is 14.5 Å². The molecule has 1 heterocycles. The number of piperidine rings is 1. The Morgan fingerprint density at radius 1 is 1.45 bits per heavy atom. The second-order valence-electron chi connectivity index (χ2n) is 5.75. The van der Waals surface area contributed by atoms with Crippen molar-refractivity contribution in [1.82, 2.24) is 15.1 Å². The molecular weight excluding hydrogens is 256 g/mol. The van der Waals surface area contributed by atoms with Crippen molar-refractivity contribution in [3.8, 4) is 0 Å². The van der Waals surface area contributed by atoms with Crippen molar-refractivity contribution in [2.75, 3.05) is 39.8 Å². The summed E-state index contributed by atoms with van der Waals surface area (Å²) in [7, 11) is 1.82. The van der Waals surface area contributed by atoms with Crippen molar-refractivity contribution in [1.29, 1.82) is 0 Å². The fraction of sp³-hybridized carbons (Fsp3) is 0.857. The minimum atomic E-state index is -0.0209. The van der Waals surface area contributed by atoms with Gasteiger partial charge in [0.2, 0.25) is 11.8 Å². The molecule has 1 unspecified atom stereocenters. The van der Waals surface area contributed by atoms with E-state index in [1.54, 1.807) is 4.90 Å². The molecule has 0 radical (unpaired) electrons. The van der Waals surface area contributed by atoms with E-state index in [1.165, 1.54) is 0 Å². The Balaban J connectivity index is 2.44. The Bertz CT molecular complexity index is 333. The summed E-state index contributed by atoms with van der Waals surface area (Å²) in [6, 6.07) is 0.205. The van der Waals surface area contributed by atoms with Gasteiger partial charge in [-0.1, -0.05) is 0 Å². The maximum Gasteiger partial charge on any atom is 0.236 e. The van der Waals surface area contributed by atoms with Gasteiger partial charge in [0.1, 0.15) is 0 Å². The molecule has 6 heteroatoms. The van der Waals surface area contributed by atoms with Crippen LogP contribution in [0.2, 0.25) is 0 Å². The summed E-state index contributed by atoms with van der Waals surface area (Å²) in [5.41, 5.74) is 5.39. The number of amides is 2. The third kappa shape index (κ3) is 5.09. The number of carbonyl (C=O) groups excluding carboxylic acids is 2. The van der Waals surface area contributed by atoms with Gasteiger partial charge in [0.25, 0.3) is 0 Å². The molecule has 1 aliphatic heterocycles. The third-order valence-electron chi connectivity index (χ3n) is 3.85. The molecule has 0 aromatic heterocycles. The minimum absolute atomic E-state index is 0.0209. The molecule has 1 aliphatic rings. The maximum absolute atomic E-state index is 12.1. The number of nitrogens with zero attached hydrogens (tertiary/aromatic N) is 2. The van der Waals surface area contributed by atoms with Gasteiger partial charge in [-0.25, -0.2) is 0 Å². The summed E-state index contributed by atoms with van der Waals surface area (Å²) in [6.45, 7) is 6.92. The van der Waals surface area contributed by atoms with Gasteiger partial charge in [0.05, 0.1) is 12.5 Å². The van der Waals surface area contributed by atoms with Crippen LogP contribution in [0.25, 0.3) is 0 Å². The van der Waals surface area contributed by atoms with Gasteiger partial charge in [-0.2, -0.15) is 0 Å². The van der Waals surface area contributed by atoms with E-state index in [-0.39, 0.29) is 23.8 Å². The molecule has 3 N–H and O–H groups in total. The van der Waals surface area contributed by atoms with E-state index in [1.807, 2.05) is 20.9 Å². The molecule has 2 amide bonds. The first-order valence-corrected chi connectivity index (χ1v) is 7.41. The van der Waals surface area contributed by atoms with Gasteiger partial charge in [-0.15, -0.1) is 0 Å². The standard InChI is InChI=1S/C14H28N4O2/c1-11(2)17(3)13(19)10-18-8-4-5-12(9-18)14(20)16-7-6-15/h11-12H,4-10,15H2,1-3H3,(H,16,20). The molecule has 0 saturated carbocycles. The van der Waals surface area contributed by atoms with E-state index in [0.29, 0.717) is 26.2 Å². The van der Waals surface area contributed by atoms with Crippen LogP contribution in [0.3, 0.4) is 0 Å². The van der Waals surface area contributed by atoms with Crippen LogP contribution in [-0.4, -0.2) is 67.4 Å². The van der Waals surface area contributed by atoms with Crippen LogP contribution in [0.5, 0.6) is 0 Å². The molecule has 1 atom stereocenters. The molecule has 6 nitrogen and oxygen atoms in total. The minimum Gasteiger partial charge on any atom is -0.355 e. The van der Waals surface area contributed by atoms with Crippen LogP contribution in [0.15, 0.2) is 0 Å². The molecule has 0 aromatic carbocycles. The van der Waals surface area contributed by atoms with E-state index in [9.17, 15) is 9.59 Å². The lowest BCUT2D eigenvalue weighted by Gasteiger charge is -2.33. The van der Waals surface area contributed by atoms with Gasteiger partial charge >= 0.3 is 0 Å². The highest BCUT2D eigenvalue weighted by molar-refractivity contribution is 5.80. The fourth-order valence-electron chi connectivity index (χ4n) is 2.34. The molecule has 1 fully saturated rings. The Labute approximate surface area is 121 Å². The van der Waals surface area contributed by atoms with Crippen LogP contribution < -0.4 is 11.1 Å². The fourth-order valence-corrected chi connectivity index (χ4v) is 2.34. The van der Waals surface area contributed by atoms with Crippen molar-refractivity contribution in [3.63, 3.8) is 0 Å². The molecule has 0 spiro atoms. The second kappa shape index (κ2) is 8.21. The van der Waals surface area contributed by atoms with Gasteiger partial charge in [-0.05, 0) is 33.2 Å². The van der Waals surface area contributed by atoms with E-state index in [0.717, 1.165) is 19.4 Å². The lowest BCUT2D eigenvalue weighted by molar-refractivity contribution is -0.134. The van der Waals surface area contributed by atoms with E-state index in [4.69, 9.17) is 5.73 Å². The topological polar surface area (TPSA) is 78.7 Å². The SMILES string of the molecule is CC(C)N(C)C(=O)CN1CCCC(C(=O)NCCN)C1. The number of hydrogen-bond donors (Lipinski definition) is 2. The predicted octanol–water partition coefficient (Wildman–Crippen LogP) is -0.360. The summed E-state index contributed by atoms with van der Waals surface area (Å²) in [5.74, 6) is 0.153. The third-order valence-corrected chi connectivity index (χ3v) is 3.85. The first-order valence-electron chi connectivity index (χ1n) is 7.41. The lowest BCUT2D eigenvalue weighted by atomic mass is 9.97. The Kier molecular flexibility index (Phi) is 6.95. The van der Waals surface area contributed by atoms with Crippen molar-refractivity contribution in [2.24, 2.45) is 11.7 Å². The summed E-state index contributed by atoms with van der Waals surface area (Å²) < 4.78 is 0. The number of likely N-dealkylation sites (N-methyl/N-ethyl adjacent to an activating group) is 1. The molecule has 1 saturated heterocycles. The van der Waals surface area contributed by atoms with Gasteiger partial charge in [0, 0.05) is 32.7 Å². The summed E-state index contributed by atoms with van der Waals surface area (Å²) >= 11 is 0. The van der Waals surface area contributed by atoms with Crippen molar-refractivity contribution in [3.05, 3.63) is 0 Å². The zero-order valence-electron chi connectivity index (χ0n) is 12.9. The van der Waals surface area contributed by atoms with Gasteiger partial charge in [0.15, 0.2) is 0 Å². The first-order chi connectivity index (χ1) is 9.45. The first kappa shape index (κ1) is 16.9. The lowest BCUT2D eigenvalue weighted by Crippen LogP contribution is -2.48. The van der Waals surface area contributed by atoms with Crippen LogP contribution in [0.4, 0.5) is 0 Å². The predicted molar refractivity (Wildman–Crippen MR) is 79.1 cm³/mol. The Morgan fingerprint density at radius 3 is 2.75 bits per heavy atom. The Hall–Kier alpha value is -1.14. The van der Waals surface area contributed by atoms with Gasteiger partial charge < -0.3 is 16.0 Å². The van der Waals surface area contributed by atoms with Crippen LogP contribution in [0, 0.1) is 5.92 Å². The normalized spacial score (nSPS) is 19.9. The van der Waals surface area contributed by atoms with Crippen molar-refractivity contribution in [2.45, 2.75) is 32.7 Å². The number of likely N-dealkylation sites (tertiary alicyclic amines) is 1. The average Bonchev–Trinajstić information content (AvgIpc) is 2.43. The largest absolute Gasteiger partial charge is 0.355 e. The molecule has 1 rings (SSSR count). The molecule has 116 valence electrons. The molecule has 0 aliphatic carbocycles. The summed E-state index contributed by atoms with van der Waals surface area (Å²) in [5, 5.41) is 2.83. The number of nitrogens with one attached hydrogen (secondary N) is 1. The maximum atomic E-state index is 12.1. The Morgan fingerprint density at radius 2 is 2.15 bits per heavy atom. The summed E-state index contributed by atoms with van der Waals surface area (Å²) in [4.78, 5) is 27.8. The van der Waals surface area contributed by atoms with Crippen LogP contribution >= 0.6 is 0 Å². The number of nitrogens with two attached hydrogens (primary N) is 1. The highest BCUT2D eigenvalue weighted by Gasteiger charge is 2.27. The zero-order chi connectivity index (χ0) is 15.1. The molecule has 0 bridgehead atoms. The number of rotatable bonds is 6. The molecule has 0 aromatic rings. The van der Waals surface area contributed by atoms with Crippen LogP contribution in [-0.2, 0) is 9.59 Å². The smallest absolute Gasteiger partial charge is 0.236 e. The monoisotopic (exact) mass is 284 g/mol. The average molecular weight is 284 g/mol. The summed E-state index contributed by atoms with van der Waals surface area (Å²) in [6.07, 6.45) is 1.85.